The van der Waals surface area contributed by atoms with E-state index >= 15 is 0 Å². The predicted octanol–water partition coefficient (Wildman–Crippen LogP) is 2.95. The van der Waals surface area contributed by atoms with Crippen LogP contribution < -0.4 is 0 Å². The van der Waals surface area contributed by atoms with E-state index < -0.39 is 12.5 Å². The van der Waals surface area contributed by atoms with E-state index in [4.69, 9.17) is 0 Å². The van der Waals surface area contributed by atoms with Crippen LogP contribution >= 0.6 is 0 Å². The first-order valence-electron chi connectivity index (χ1n) is 4.26. The van der Waals surface area contributed by atoms with Crippen LogP contribution in [0.4, 0.5) is 8.78 Å². The standard InChI is InChI=1S/C9H18F2O/c1-7(2)8(3)5-9(10,11)6-12-4/h7-8H,5-6H2,1-4H3. The van der Waals surface area contributed by atoms with Gasteiger partial charge in [-0.25, -0.2) is 8.78 Å². The lowest BCUT2D eigenvalue weighted by molar-refractivity contribution is -0.0820. The van der Waals surface area contributed by atoms with Crippen LogP contribution in [0.15, 0.2) is 0 Å². The number of hydrogen-bond donors (Lipinski definition) is 0. The van der Waals surface area contributed by atoms with Gasteiger partial charge < -0.3 is 4.74 Å². The van der Waals surface area contributed by atoms with Crippen LogP contribution in [0.5, 0.6) is 0 Å². The minimum absolute atomic E-state index is 0.0372. The summed E-state index contributed by atoms with van der Waals surface area (Å²) >= 11 is 0. The number of alkyl halides is 2. The van der Waals surface area contributed by atoms with Gasteiger partial charge in [0.05, 0.1) is 0 Å². The van der Waals surface area contributed by atoms with E-state index in [-0.39, 0.29) is 12.3 Å². The fourth-order valence-corrected chi connectivity index (χ4v) is 0.977. The topological polar surface area (TPSA) is 9.23 Å². The average molecular weight is 180 g/mol. The molecule has 0 aromatic rings. The average Bonchev–Trinajstić information content (AvgIpc) is 1.85. The monoisotopic (exact) mass is 180 g/mol. The zero-order valence-corrected chi connectivity index (χ0v) is 8.23. The molecule has 12 heavy (non-hydrogen) atoms. The number of methoxy groups -OCH3 is 1. The van der Waals surface area contributed by atoms with Crippen LogP contribution in [0.2, 0.25) is 0 Å². The highest BCUT2D eigenvalue weighted by atomic mass is 19.3. The van der Waals surface area contributed by atoms with Gasteiger partial charge >= 0.3 is 0 Å². The molecule has 0 aromatic carbocycles. The smallest absolute Gasteiger partial charge is 0.271 e. The van der Waals surface area contributed by atoms with Crippen molar-refractivity contribution in [3.05, 3.63) is 0 Å². The molecule has 0 aliphatic carbocycles. The lowest BCUT2D eigenvalue weighted by atomic mass is 9.92. The molecule has 0 aliphatic rings. The quantitative estimate of drug-likeness (QED) is 0.632. The molecule has 0 spiro atoms. The minimum Gasteiger partial charge on any atom is -0.378 e. The van der Waals surface area contributed by atoms with Crippen LogP contribution in [0.3, 0.4) is 0 Å². The van der Waals surface area contributed by atoms with Crippen LogP contribution in [0.25, 0.3) is 0 Å². The molecule has 0 fully saturated rings. The fourth-order valence-electron chi connectivity index (χ4n) is 0.977. The van der Waals surface area contributed by atoms with Gasteiger partial charge in [-0.2, -0.15) is 0 Å². The maximum absolute atomic E-state index is 12.9. The number of halogens is 2. The normalized spacial score (nSPS) is 15.2. The van der Waals surface area contributed by atoms with Gasteiger partial charge in [-0.15, -0.1) is 0 Å². The molecule has 0 rings (SSSR count). The van der Waals surface area contributed by atoms with Crippen LogP contribution in [-0.4, -0.2) is 19.6 Å². The molecule has 0 aromatic heterocycles. The second kappa shape index (κ2) is 4.75. The number of ether oxygens (including phenoxy) is 1. The van der Waals surface area contributed by atoms with Gasteiger partial charge in [0.1, 0.15) is 6.61 Å². The molecule has 0 heterocycles. The summed E-state index contributed by atoms with van der Waals surface area (Å²) in [6, 6.07) is 0. The molecule has 74 valence electrons. The maximum atomic E-state index is 12.9. The molecule has 3 heteroatoms. The van der Waals surface area contributed by atoms with Crippen molar-refractivity contribution >= 4 is 0 Å². The van der Waals surface area contributed by atoms with Crippen molar-refractivity contribution < 1.29 is 13.5 Å². The van der Waals surface area contributed by atoms with Gasteiger partial charge in [-0.3, -0.25) is 0 Å². The first kappa shape index (κ1) is 11.8. The van der Waals surface area contributed by atoms with Gasteiger partial charge in [0.2, 0.25) is 0 Å². The first-order chi connectivity index (χ1) is 5.39. The highest BCUT2D eigenvalue weighted by molar-refractivity contribution is 4.70. The van der Waals surface area contributed by atoms with Crippen molar-refractivity contribution in [2.24, 2.45) is 11.8 Å². The Labute approximate surface area is 73.1 Å². The molecule has 0 aliphatic heterocycles. The molecule has 1 nitrogen and oxygen atoms in total. The van der Waals surface area contributed by atoms with Crippen molar-refractivity contribution in [3.8, 4) is 0 Å². The maximum Gasteiger partial charge on any atom is 0.271 e. The zero-order valence-electron chi connectivity index (χ0n) is 8.23. The van der Waals surface area contributed by atoms with E-state index in [1.54, 1.807) is 0 Å². The number of rotatable bonds is 5. The van der Waals surface area contributed by atoms with E-state index in [1.165, 1.54) is 7.11 Å². The molecule has 0 bridgehead atoms. The van der Waals surface area contributed by atoms with E-state index in [2.05, 4.69) is 4.74 Å². The Morgan fingerprint density at radius 1 is 1.25 bits per heavy atom. The zero-order chi connectivity index (χ0) is 9.78. The molecular formula is C9H18F2O. The second-order valence-corrected chi connectivity index (χ2v) is 3.71. The Kier molecular flexibility index (Phi) is 4.68. The molecule has 1 unspecified atom stereocenters. The Bertz CT molecular complexity index is 124. The molecular weight excluding hydrogens is 162 g/mol. The largest absolute Gasteiger partial charge is 0.378 e. The van der Waals surface area contributed by atoms with Crippen LogP contribution in [0, 0.1) is 11.8 Å². The summed E-state index contributed by atoms with van der Waals surface area (Å²) in [6.07, 6.45) is -0.0848. The Morgan fingerprint density at radius 3 is 2.08 bits per heavy atom. The highest BCUT2D eigenvalue weighted by Crippen LogP contribution is 2.27. The highest BCUT2D eigenvalue weighted by Gasteiger charge is 2.31. The number of hydrogen-bond acceptors (Lipinski definition) is 1. The van der Waals surface area contributed by atoms with Gasteiger partial charge in [0.25, 0.3) is 5.92 Å². The molecule has 0 radical (unpaired) electrons. The summed E-state index contributed by atoms with van der Waals surface area (Å²) in [7, 11) is 1.30. The molecule has 0 saturated heterocycles. The van der Waals surface area contributed by atoms with Crippen molar-refractivity contribution in [2.45, 2.75) is 33.1 Å². The summed E-state index contributed by atoms with van der Waals surface area (Å²) < 4.78 is 30.3. The molecule has 0 N–H and O–H groups in total. The molecule has 0 saturated carbocycles. The van der Waals surface area contributed by atoms with E-state index in [0.717, 1.165) is 0 Å². The van der Waals surface area contributed by atoms with Crippen LogP contribution in [-0.2, 0) is 4.74 Å². The van der Waals surface area contributed by atoms with Crippen molar-refractivity contribution in [1.29, 1.82) is 0 Å². The SMILES string of the molecule is COCC(F)(F)CC(C)C(C)C. The molecule has 0 amide bonds. The van der Waals surface area contributed by atoms with E-state index in [9.17, 15) is 8.78 Å². The van der Waals surface area contributed by atoms with E-state index in [1.807, 2.05) is 20.8 Å². The summed E-state index contributed by atoms with van der Waals surface area (Å²) in [4.78, 5) is 0. The summed E-state index contributed by atoms with van der Waals surface area (Å²) in [5.74, 6) is -2.33. The van der Waals surface area contributed by atoms with Crippen molar-refractivity contribution in [3.63, 3.8) is 0 Å². The van der Waals surface area contributed by atoms with Gasteiger partial charge in [0.15, 0.2) is 0 Å². The lowest BCUT2D eigenvalue weighted by Crippen LogP contribution is -2.27. The summed E-state index contributed by atoms with van der Waals surface area (Å²) in [6.45, 7) is 5.28. The van der Waals surface area contributed by atoms with Crippen molar-refractivity contribution in [2.75, 3.05) is 13.7 Å². The van der Waals surface area contributed by atoms with Crippen LogP contribution in [0.1, 0.15) is 27.2 Å². The van der Waals surface area contributed by atoms with Gasteiger partial charge in [0, 0.05) is 13.5 Å². The third-order valence-electron chi connectivity index (χ3n) is 2.11. The summed E-state index contributed by atoms with van der Waals surface area (Å²) in [5.41, 5.74) is 0. The lowest BCUT2D eigenvalue weighted by Gasteiger charge is -2.22. The Morgan fingerprint density at radius 2 is 1.75 bits per heavy atom. The Balaban J connectivity index is 3.87. The fraction of sp³-hybridized carbons (Fsp3) is 1.00. The summed E-state index contributed by atoms with van der Waals surface area (Å²) in [5, 5.41) is 0. The molecule has 1 atom stereocenters. The second-order valence-electron chi connectivity index (χ2n) is 3.71. The van der Waals surface area contributed by atoms with E-state index in [0.29, 0.717) is 5.92 Å². The first-order valence-corrected chi connectivity index (χ1v) is 4.26. The third kappa shape index (κ3) is 4.65. The Hall–Kier alpha value is -0.180. The predicted molar refractivity (Wildman–Crippen MR) is 45.4 cm³/mol. The minimum atomic E-state index is -2.67. The third-order valence-corrected chi connectivity index (χ3v) is 2.11. The van der Waals surface area contributed by atoms with Gasteiger partial charge in [-0.1, -0.05) is 20.8 Å². The van der Waals surface area contributed by atoms with Crippen molar-refractivity contribution in [1.82, 2.24) is 0 Å². The van der Waals surface area contributed by atoms with Gasteiger partial charge in [-0.05, 0) is 11.8 Å².